The van der Waals surface area contributed by atoms with Gasteiger partial charge in [-0.2, -0.15) is 0 Å². The Labute approximate surface area is 203 Å². The molecular weight excluding hydrogens is 503 g/mol. The fourth-order valence-corrected chi connectivity index (χ4v) is 4.54. The first kappa shape index (κ1) is 22.4. The van der Waals surface area contributed by atoms with Crippen LogP contribution in [-0.4, -0.2) is 36.2 Å². The molecule has 0 saturated carbocycles. The minimum absolute atomic E-state index is 0.0617. The molecule has 4 aromatic rings. The van der Waals surface area contributed by atoms with Gasteiger partial charge >= 0.3 is 0 Å². The van der Waals surface area contributed by atoms with E-state index in [1.165, 1.54) is 18.4 Å². The summed E-state index contributed by atoms with van der Waals surface area (Å²) < 4.78 is 26.4. The highest BCUT2D eigenvalue weighted by atomic mass is 79.9. The number of halogens is 2. The molecule has 2 heterocycles. The van der Waals surface area contributed by atoms with E-state index in [0.717, 1.165) is 4.47 Å². The van der Waals surface area contributed by atoms with E-state index < -0.39 is 0 Å². The molecule has 1 saturated heterocycles. The molecule has 0 bridgehead atoms. The third-order valence-electron chi connectivity index (χ3n) is 5.99. The average molecular weight is 525 g/mol. The fourth-order valence-electron chi connectivity index (χ4n) is 4.18. The monoisotopic (exact) mass is 524 g/mol. The summed E-state index contributed by atoms with van der Waals surface area (Å²) in [6.07, 6.45) is 1.28. The molecule has 1 fully saturated rings. The number of piperazine rings is 1. The Kier molecular flexibility index (Phi) is 6.26. The number of para-hydroxylation sites is 2. The molecule has 34 heavy (non-hydrogen) atoms. The number of hydrogen-bond acceptors (Lipinski definition) is 6. The van der Waals surface area contributed by atoms with Crippen LogP contribution in [0.4, 0.5) is 10.1 Å². The van der Waals surface area contributed by atoms with Crippen molar-refractivity contribution >= 4 is 32.6 Å². The zero-order valence-electron chi connectivity index (χ0n) is 18.2. The lowest BCUT2D eigenvalue weighted by Gasteiger charge is -2.36. The molecule has 1 aliphatic heterocycles. The lowest BCUT2D eigenvalue weighted by molar-refractivity contribution is 0.246. The maximum atomic E-state index is 14.1. The number of rotatable bonds is 5. The van der Waals surface area contributed by atoms with Crippen molar-refractivity contribution in [2.75, 3.05) is 31.1 Å². The number of benzene rings is 3. The van der Waals surface area contributed by atoms with Crippen molar-refractivity contribution < 1.29 is 18.7 Å². The van der Waals surface area contributed by atoms with Gasteiger partial charge in [0.1, 0.15) is 29.2 Å². The number of anilines is 1. The molecule has 0 aliphatic carbocycles. The smallest absolute Gasteiger partial charge is 0.235 e. The van der Waals surface area contributed by atoms with Gasteiger partial charge in [0.15, 0.2) is 0 Å². The van der Waals surface area contributed by atoms with Crippen LogP contribution in [0.25, 0.3) is 11.0 Å². The third-order valence-corrected chi connectivity index (χ3v) is 6.65. The summed E-state index contributed by atoms with van der Waals surface area (Å²) in [5.41, 5.74) is 1.16. The fraction of sp³-hybridized carbons (Fsp3) is 0.192. The summed E-state index contributed by atoms with van der Waals surface area (Å²) in [7, 11) is 0. The van der Waals surface area contributed by atoms with Crippen LogP contribution in [0.5, 0.6) is 17.2 Å². The molecule has 8 heteroatoms. The van der Waals surface area contributed by atoms with Crippen molar-refractivity contribution in [1.29, 1.82) is 0 Å². The lowest BCUT2D eigenvalue weighted by atomic mass is 10.1. The van der Waals surface area contributed by atoms with E-state index in [-0.39, 0.29) is 22.7 Å². The van der Waals surface area contributed by atoms with Crippen LogP contribution in [0.3, 0.4) is 0 Å². The molecule has 0 spiro atoms. The highest BCUT2D eigenvalue weighted by Gasteiger charge is 2.22. The lowest BCUT2D eigenvalue weighted by Crippen LogP contribution is -2.46. The number of fused-ring (bicyclic) bond motifs is 1. The molecule has 3 aromatic carbocycles. The van der Waals surface area contributed by atoms with Crippen molar-refractivity contribution in [3.8, 4) is 17.2 Å². The number of aromatic hydroxyl groups is 1. The second-order valence-electron chi connectivity index (χ2n) is 8.12. The van der Waals surface area contributed by atoms with Gasteiger partial charge in [0.2, 0.25) is 11.2 Å². The number of ether oxygens (including phenoxy) is 1. The van der Waals surface area contributed by atoms with Crippen LogP contribution in [0, 0.1) is 5.82 Å². The number of hydrogen-bond donors (Lipinski definition) is 1. The highest BCUT2D eigenvalue weighted by Crippen LogP contribution is 2.32. The molecule has 0 unspecified atom stereocenters. The summed E-state index contributed by atoms with van der Waals surface area (Å²) in [5, 5.41) is 10.9. The SMILES string of the molecule is O=c1c(Oc2ccccc2Br)coc2c(CN3CCN(c4ccccc4F)CC3)c(O)ccc12. The van der Waals surface area contributed by atoms with Gasteiger partial charge in [0.05, 0.1) is 21.1 Å². The molecule has 174 valence electrons. The Hall–Kier alpha value is -3.36. The number of phenolic OH excluding ortho intramolecular Hbond substituents is 1. The van der Waals surface area contributed by atoms with E-state index in [4.69, 9.17) is 9.15 Å². The molecule has 1 aromatic heterocycles. The van der Waals surface area contributed by atoms with Crippen molar-refractivity contribution in [3.05, 3.63) is 93.0 Å². The van der Waals surface area contributed by atoms with Gasteiger partial charge in [0, 0.05) is 32.7 Å². The van der Waals surface area contributed by atoms with Crippen LogP contribution >= 0.6 is 15.9 Å². The molecule has 0 radical (unpaired) electrons. The van der Waals surface area contributed by atoms with Crippen molar-refractivity contribution in [2.45, 2.75) is 6.54 Å². The standard InChI is InChI=1S/C26H22BrFN2O4/c27-19-5-1-4-8-23(19)34-24-16-33-26-17(25(24)32)9-10-22(31)18(26)15-29-11-13-30(14-12-29)21-7-3-2-6-20(21)28/h1-10,16,31H,11-15H2. The van der Waals surface area contributed by atoms with Gasteiger partial charge in [-0.15, -0.1) is 0 Å². The minimum Gasteiger partial charge on any atom is -0.507 e. The highest BCUT2D eigenvalue weighted by molar-refractivity contribution is 9.10. The molecule has 6 nitrogen and oxygen atoms in total. The summed E-state index contributed by atoms with van der Waals surface area (Å²) in [6.45, 7) is 3.07. The van der Waals surface area contributed by atoms with Gasteiger partial charge in [0.25, 0.3) is 0 Å². The largest absolute Gasteiger partial charge is 0.507 e. The number of nitrogens with zero attached hydrogens (tertiary/aromatic N) is 2. The summed E-state index contributed by atoms with van der Waals surface area (Å²) in [4.78, 5) is 17.3. The van der Waals surface area contributed by atoms with Gasteiger partial charge in [-0.05, 0) is 52.3 Å². The van der Waals surface area contributed by atoms with E-state index >= 15 is 0 Å². The van der Waals surface area contributed by atoms with E-state index in [2.05, 4.69) is 20.8 Å². The second kappa shape index (κ2) is 9.48. The normalized spacial score (nSPS) is 14.5. The van der Waals surface area contributed by atoms with E-state index in [9.17, 15) is 14.3 Å². The molecule has 0 atom stereocenters. The zero-order valence-corrected chi connectivity index (χ0v) is 19.8. The zero-order chi connectivity index (χ0) is 23.7. The van der Waals surface area contributed by atoms with Crippen LogP contribution in [0.1, 0.15) is 5.56 Å². The molecule has 1 aliphatic rings. The third kappa shape index (κ3) is 4.38. The van der Waals surface area contributed by atoms with Crippen molar-refractivity contribution in [3.63, 3.8) is 0 Å². The second-order valence-corrected chi connectivity index (χ2v) is 8.97. The Morgan fingerprint density at radius 2 is 1.71 bits per heavy atom. The van der Waals surface area contributed by atoms with Crippen molar-refractivity contribution in [2.24, 2.45) is 0 Å². The Morgan fingerprint density at radius 3 is 2.47 bits per heavy atom. The van der Waals surface area contributed by atoms with E-state index in [1.807, 2.05) is 29.2 Å². The van der Waals surface area contributed by atoms with Gasteiger partial charge < -0.3 is 19.2 Å². The maximum absolute atomic E-state index is 14.1. The van der Waals surface area contributed by atoms with Crippen LogP contribution in [-0.2, 0) is 6.54 Å². The summed E-state index contributed by atoms with van der Waals surface area (Å²) in [6, 6.07) is 17.0. The molecule has 0 amide bonds. The Bertz CT molecular complexity index is 1400. The van der Waals surface area contributed by atoms with E-state index in [0.29, 0.717) is 60.7 Å². The number of phenols is 1. The molecule has 5 rings (SSSR count). The molecular formula is C26H22BrFN2O4. The summed E-state index contributed by atoms with van der Waals surface area (Å²) in [5.74, 6) is 0.395. The van der Waals surface area contributed by atoms with Gasteiger partial charge in [-0.25, -0.2) is 4.39 Å². The topological polar surface area (TPSA) is 66.2 Å². The Morgan fingerprint density at radius 1 is 0.971 bits per heavy atom. The first-order valence-electron chi connectivity index (χ1n) is 10.9. The first-order chi connectivity index (χ1) is 16.5. The Balaban J connectivity index is 1.37. The van der Waals surface area contributed by atoms with Crippen LogP contribution in [0.15, 0.2) is 80.6 Å². The molecule has 1 N–H and O–H groups in total. The average Bonchev–Trinajstić information content (AvgIpc) is 2.85. The first-order valence-corrected chi connectivity index (χ1v) is 11.7. The predicted molar refractivity (Wildman–Crippen MR) is 132 cm³/mol. The maximum Gasteiger partial charge on any atom is 0.235 e. The summed E-state index contributed by atoms with van der Waals surface area (Å²) >= 11 is 3.41. The minimum atomic E-state index is -0.317. The van der Waals surface area contributed by atoms with Crippen LogP contribution in [0.2, 0.25) is 0 Å². The van der Waals surface area contributed by atoms with Gasteiger partial charge in [-0.1, -0.05) is 24.3 Å². The van der Waals surface area contributed by atoms with E-state index in [1.54, 1.807) is 24.3 Å². The van der Waals surface area contributed by atoms with Crippen LogP contribution < -0.4 is 15.1 Å². The van der Waals surface area contributed by atoms with Crippen molar-refractivity contribution in [1.82, 2.24) is 4.90 Å². The predicted octanol–water partition coefficient (Wildman–Crippen LogP) is 5.51. The quantitative estimate of drug-likeness (QED) is 0.371. The van der Waals surface area contributed by atoms with Gasteiger partial charge in [-0.3, -0.25) is 9.69 Å².